The van der Waals surface area contributed by atoms with Crippen LogP contribution in [0.2, 0.25) is 0 Å². The molecular weight excluding hydrogens is 518 g/mol. The molecule has 1 amide bonds. The average molecular weight is 542 g/mol. The van der Waals surface area contributed by atoms with Gasteiger partial charge in [0, 0.05) is 49.9 Å². The molecule has 2 aromatic heterocycles. The number of aromatic amines is 1. The molecule has 0 aliphatic carbocycles. The second-order valence-electron chi connectivity index (χ2n) is 8.99. The number of piperidine rings is 1. The summed E-state index contributed by atoms with van der Waals surface area (Å²) in [5.74, 6) is -4.97. The number of benzene rings is 1. The van der Waals surface area contributed by atoms with E-state index in [2.05, 4.69) is 30.1 Å². The van der Waals surface area contributed by atoms with Crippen LogP contribution in [0.3, 0.4) is 0 Å². The number of carbonyl (C=O) groups excluding carboxylic acids is 1. The Balaban J connectivity index is 1.30. The Kier molecular flexibility index (Phi) is 6.36. The van der Waals surface area contributed by atoms with Crippen molar-refractivity contribution in [1.82, 2.24) is 20.2 Å². The van der Waals surface area contributed by atoms with Crippen molar-refractivity contribution in [2.45, 2.75) is 44.1 Å². The summed E-state index contributed by atoms with van der Waals surface area (Å²) in [7, 11) is 1.65. The molecular formula is C23H23F4N5O4S. The standard InChI is InChI=1S/C23H23F4N5O4S/c1-11(19(33)31-21-30-15-6-16-17(7-18(15)37-21)36-23(26,27)35-16)32-4-3-22(24,25)14(10-32)12-5-13(8-28-2)20(34)29-9-12/h5-7,9,11,14,28H,3-4,8,10H2,1-2H3,(H,29,34)(H,30,31,33)/t11-,14?/m0/s1. The molecule has 1 fully saturated rings. The van der Waals surface area contributed by atoms with Crippen molar-refractivity contribution in [3.05, 3.63) is 45.9 Å². The summed E-state index contributed by atoms with van der Waals surface area (Å²) in [6.07, 6.45) is -2.89. The maximum absolute atomic E-state index is 14.9. The van der Waals surface area contributed by atoms with Crippen LogP contribution < -0.4 is 25.7 Å². The Bertz CT molecular complexity index is 1370. The Labute approximate surface area is 211 Å². The number of alkyl halides is 4. The first kappa shape index (κ1) is 25.4. The molecule has 0 bridgehead atoms. The van der Waals surface area contributed by atoms with Crippen LogP contribution in [-0.2, 0) is 11.3 Å². The zero-order valence-corrected chi connectivity index (χ0v) is 20.6. The van der Waals surface area contributed by atoms with Gasteiger partial charge in [0.1, 0.15) is 0 Å². The van der Waals surface area contributed by atoms with Crippen molar-refractivity contribution in [2.75, 3.05) is 25.5 Å². The number of nitrogens with zero attached hydrogens (tertiary/aromatic N) is 2. The summed E-state index contributed by atoms with van der Waals surface area (Å²) < 4.78 is 65.8. The van der Waals surface area contributed by atoms with E-state index < -0.39 is 36.5 Å². The first-order valence-electron chi connectivity index (χ1n) is 11.4. The van der Waals surface area contributed by atoms with Crippen LogP contribution in [-0.4, -0.2) is 59.2 Å². The van der Waals surface area contributed by atoms with Crippen molar-refractivity contribution < 1.29 is 31.8 Å². The number of nitrogens with one attached hydrogen (secondary N) is 3. The molecule has 1 saturated heterocycles. The third-order valence-corrected chi connectivity index (χ3v) is 7.43. The third-order valence-electron chi connectivity index (χ3n) is 6.50. The predicted molar refractivity (Wildman–Crippen MR) is 128 cm³/mol. The summed E-state index contributed by atoms with van der Waals surface area (Å²) in [4.78, 5) is 33.4. The van der Waals surface area contributed by atoms with Gasteiger partial charge in [-0.15, -0.1) is 8.78 Å². The highest BCUT2D eigenvalue weighted by molar-refractivity contribution is 7.22. The number of amides is 1. The summed E-state index contributed by atoms with van der Waals surface area (Å²) in [6.45, 7) is 1.75. The van der Waals surface area contributed by atoms with Crippen molar-refractivity contribution in [1.29, 1.82) is 0 Å². The van der Waals surface area contributed by atoms with Crippen molar-refractivity contribution >= 4 is 32.6 Å². The molecule has 5 rings (SSSR count). The lowest BCUT2D eigenvalue weighted by atomic mass is 9.86. The number of anilines is 1. The Morgan fingerprint density at radius 2 is 2.00 bits per heavy atom. The van der Waals surface area contributed by atoms with Gasteiger partial charge in [-0.3, -0.25) is 14.5 Å². The normalized spacial score (nSPS) is 21.2. The minimum absolute atomic E-state index is 0.000264. The minimum Gasteiger partial charge on any atom is -0.395 e. The van der Waals surface area contributed by atoms with Crippen LogP contribution in [0, 0.1) is 0 Å². The summed E-state index contributed by atoms with van der Waals surface area (Å²) >= 11 is 1.06. The maximum Gasteiger partial charge on any atom is 0.586 e. The molecule has 0 saturated carbocycles. The van der Waals surface area contributed by atoms with Crippen LogP contribution in [0.15, 0.2) is 29.2 Å². The lowest BCUT2D eigenvalue weighted by Gasteiger charge is -2.40. The largest absolute Gasteiger partial charge is 0.586 e. The van der Waals surface area contributed by atoms with Gasteiger partial charge in [-0.2, -0.15) is 0 Å². The van der Waals surface area contributed by atoms with Crippen molar-refractivity contribution in [2.24, 2.45) is 0 Å². The van der Waals surface area contributed by atoms with E-state index in [1.54, 1.807) is 18.9 Å². The molecule has 14 heteroatoms. The number of hydrogen-bond acceptors (Lipinski definition) is 8. The van der Waals surface area contributed by atoms with E-state index in [9.17, 15) is 27.2 Å². The van der Waals surface area contributed by atoms with E-state index >= 15 is 0 Å². The van der Waals surface area contributed by atoms with E-state index in [0.29, 0.717) is 21.3 Å². The van der Waals surface area contributed by atoms with E-state index in [1.165, 1.54) is 24.4 Å². The van der Waals surface area contributed by atoms with E-state index in [0.717, 1.165) is 11.3 Å². The molecule has 2 atom stereocenters. The van der Waals surface area contributed by atoms with Crippen LogP contribution in [0.1, 0.15) is 30.4 Å². The third kappa shape index (κ3) is 5.00. The second kappa shape index (κ2) is 9.26. The smallest absolute Gasteiger partial charge is 0.395 e. The first-order chi connectivity index (χ1) is 17.5. The van der Waals surface area contributed by atoms with Crippen LogP contribution >= 0.6 is 11.3 Å². The molecule has 0 radical (unpaired) electrons. The number of likely N-dealkylation sites (tertiary alicyclic amines) is 1. The zero-order chi connectivity index (χ0) is 26.5. The molecule has 1 aromatic carbocycles. The number of thiazole rings is 1. The lowest BCUT2D eigenvalue weighted by molar-refractivity contribution is -0.286. The van der Waals surface area contributed by atoms with Crippen molar-refractivity contribution in [3.8, 4) is 11.5 Å². The first-order valence-corrected chi connectivity index (χ1v) is 12.3. The van der Waals surface area contributed by atoms with E-state index in [-0.39, 0.29) is 41.8 Å². The molecule has 198 valence electrons. The topological polar surface area (TPSA) is 109 Å². The van der Waals surface area contributed by atoms with Crippen LogP contribution in [0.4, 0.5) is 22.7 Å². The fourth-order valence-corrected chi connectivity index (χ4v) is 5.38. The highest BCUT2D eigenvalue weighted by atomic mass is 32.1. The van der Waals surface area contributed by atoms with Gasteiger partial charge in [0.05, 0.1) is 22.2 Å². The molecule has 9 nitrogen and oxygen atoms in total. The molecule has 2 aliphatic heterocycles. The monoisotopic (exact) mass is 541 g/mol. The predicted octanol–water partition coefficient (Wildman–Crippen LogP) is 3.48. The minimum atomic E-state index is -3.75. The van der Waals surface area contributed by atoms with Crippen molar-refractivity contribution in [3.63, 3.8) is 0 Å². The molecule has 3 aromatic rings. The Morgan fingerprint density at radius 3 is 2.73 bits per heavy atom. The lowest BCUT2D eigenvalue weighted by Crippen LogP contribution is -2.52. The number of hydrogen-bond donors (Lipinski definition) is 3. The average Bonchev–Trinajstić information content (AvgIpc) is 3.34. The number of pyridine rings is 1. The van der Waals surface area contributed by atoms with Gasteiger partial charge in [0.2, 0.25) is 5.91 Å². The van der Waals surface area contributed by atoms with Gasteiger partial charge in [-0.1, -0.05) is 11.3 Å². The summed E-state index contributed by atoms with van der Waals surface area (Å²) in [5, 5.41) is 5.75. The quantitative estimate of drug-likeness (QED) is 0.410. The van der Waals surface area contributed by atoms with Crippen LogP contribution in [0.5, 0.6) is 11.5 Å². The highest BCUT2D eigenvalue weighted by Gasteiger charge is 2.47. The molecule has 0 spiro atoms. The number of H-pyrrole nitrogens is 1. The van der Waals surface area contributed by atoms with Gasteiger partial charge in [0.25, 0.3) is 11.5 Å². The Morgan fingerprint density at radius 1 is 1.27 bits per heavy atom. The molecule has 3 N–H and O–H groups in total. The molecule has 2 aliphatic rings. The molecule has 37 heavy (non-hydrogen) atoms. The van der Waals surface area contributed by atoms with Gasteiger partial charge < -0.3 is 25.1 Å². The highest BCUT2D eigenvalue weighted by Crippen LogP contribution is 2.45. The summed E-state index contributed by atoms with van der Waals surface area (Å²) in [6, 6.07) is 3.36. The Hall–Kier alpha value is -3.23. The van der Waals surface area contributed by atoms with Gasteiger partial charge >= 0.3 is 6.29 Å². The zero-order valence-electron chi connectivity index (χ0n) is 19.7. The van der Waals surface area contributed by atoms with E-state index in [1.807, 2.05) is 0 Å². The number of ether oxygens (including phenoxy) is 2. The number of rotatable bonds is 6. The number of halogens is 4. The number of fused-ring (bicyclic) bond motifs is 2. The fourth-order valence-electron chi connectivity index (χ4n) is 4.50. The van der Waals surface area contributed by atoms with Gasteiger partial charge in [0.15, 0.2) is 16.6 Å². The molecule has 1 unspecified atom stereocenters. The fraction of sp³-hybridized carbons (Fsp3) is 0.435. The maximum atomic E-state index is 14.9. The molecule has 4 heterocycles. The van der Waals surface area contributed by atoms with Gasteiger partial charge in [-0.25, -0.2) is 13.8 Å². The van der Waals surface area contributed by atoms with E-state index in [4.69, 9.17) is 0 Å². The second-order valence-corrected chi connectivity index (χ2v) is 10.0. The number of aromatic nitrogens is 2. The van der Waals surface area contributed by atoms with Crippen LogP contribution in [0.25, 0.3) is 10.2 Å². The SMILES string of the molecule is CNCc1cc(C2CN([C@@H](C)C(=O)Nc3nc4cc5c(cc4s3)OC(F)(F)O5)CCC2(F)F)c[nH]c1=O. The number of carbonyl (C=O) groups is 1. The summed E-state index contributed by atoms with van der Waals surface area (Å²) in [5.41, 5.74) is 0.622. The van der Waals surface area contributed by atoms with Gasteiger partial charge in [-0.05, 0) is 25.6 Å².